The van der Waals surface area contributed by atoms with Crippen LogP contribution in [0.5, 0.6) is 0 Å². The molecule has 3 aromatic rings. The van der Waals surface area contributed by atoms with Gasteiger partial charge in [-0.1, -0.05) is 28.9 Å². The molecule has 0 fully saturated rings. The molecule has 0 saturated carbocycles. The third-order valence-electron chi connectivity index (χ3n) is 3.63. The molecule has 1 heterocycles. The van der Waals surface area contributed by atoms with Crippen LogP contribution in [0.2, 0.25) is 5.02 Å². The summed E-state index contributed by atoms with van der Waals surface area (Å²) in [6.07, 6.45) is -1.26. The number of halogens is 2. The third kappa shape index (κ3) is 4.00. The highest BCUT2D eigenvalue weighted by Gasteiger charge is 2.21. The monoisotopic (exact) mass is 376 g/mol. The van der Waals surface area contributed by atoms with Gasteiger partial charge in [0.15, 0.2) is 11.7 Å². The zero-order valence-electron chi connectivity index (χ0n) is 13.7. The Bertz CT molecular complexity index is 973. The summed E-state index contributed by atoms with van der Waals surface area (Å²) in [5, 5.41) is 7.09. The van der Waals surface area contributed by atoms with Crippen molar-refractivity contribution in [3.8, 4) is 0 Å². The number of ether oxygens (including phenoxy) is 1. The molecule has 1 amide bonds. The first-order valence-corrected chi connectivity index (χ1v) is 8.10. The van der Waals surface area contributed by atoms with Gasteiger partial charge in [0.25, 0.3) is 5.91 Å². The van der Waals surface area contributed by atoms with Crippen molar-refractivity contribution in [2.24, 2.45) is 0 Å². The molecule has 0 radical (unpaired) electrons. The molecular formula is C18H14ClFN2O4. The van der Waals surface area contributed by atoms with Gasteiger partial charge < -0.3 is 14.6 Å². The van der Waals surface area contributed by atoms with Crippen molar-refractivity contribution in [3.63, 3.8) is 0 Å². The minimum atomic E-state index is -1.12. The average Bonchev–Trinajstić information content (AvgIpc) is 3.00. The van der Waals surface area contributed by atoms with Gasteiger partial charge in [0.1, 0.15) is 11.5 Å². The molecule has 0 bridgehead atoms. The van der Waals surface area contributed by atoms with Crippen LogP contribution in [0.25, 0.3) is 11.0 Å². The lowest BCUT2D eigenvalue weighted by Crippen LogP contribution is -2.30. The van der Waals surface area contributed by atoms with E-state index in [1.54, 1.807) is 24.3 Å². The van der Waals surface area contributed by atoms with E-state index in [2.05, 4.69) is 10.5 Å². The van der Waals surface area contributed by atoms with Crippen molar-refractivity contribution < 1.29 is 23.2 Å². The Balaban J connectivity index is 1.60. The van der Waals surface area contributed by atoms with E-state index < -0.39 is 23.8 Å². The SMILES string of the molecule is C[C@H](OC(=O)Cc1noc2ccccc12)C(=O)Nc1ccc(Cl)cc1F. The number of nitrogens with one attached hydrogen (secondary N) is 1. The van der Waals surface area contributed by atoms with Crippen molar-refractivity contribution in [2.75, 3.05) is 5.32 Å². The van der Waals surface area contributed by atoms with Crippen molar-refractivity contribution in [1.82, 2.24) is 5.16 Å². The number of nitrogens with zero attached hydrogens (tertiary/aromatic N) is 1. The molecule has 0 unspecified atom stereocenters. The minimum absolute atomic E-state index is 0.0511. The number of fused-ring (bicyclic) bond motifs is 1. The van der Waals surface area contributed by atoms with Gasteiger partial charge in [-0.3, -0.25) is 9.59 Å². The van der Waals surface area contributed by atoms with E-state index in [0.29, 0.717) is 16.7 Å². The Morgan fingerprint density at radius 2 is 2.08 bits per heavy atom. The number of benzene rings is 2. The van der Waals surface area contributed by atoms with Crippen molar-refractivity contribution >= 4 is 40.1 Å². The van der Waals surface area contributed by atoms with Crippen LogP contribution in [0, 0.1) is 5.82 Å². The van der Waals surface area contributed by atoms with Gasteiger partial charge >= 0.3 is 5.97 Å². The molecule has 0 spiro atoms. The number of anilines is 1. The molecule has 8 heteroatoms. The van der Waals surface area contributed by atoms with E-state index >= 15 is 0 Å². The predicted molar refractivity (Wildman–Crippen MR) is 93.3 cm³/mol. The first kappa shape index (κ1) is 17.9. The van der Waals surface area contributed by atoms with E-state index in [-0.39, 0.29) is 17.1 Å². The van der Waals surface area contributed by atoms with Crippen LogP contribution < -0.4 is 5.32 Å². The quantitative estimate of drug-likeness (QED) is 0.686. The molecule has 1 atom stereocenters. The van der Waals surface area contributed by atoms with Gasteiger partial charge in [0, 0.05) is 10.4 Å². The highest BCUT2D eigenvalue weighted by molar-refractivity contribution is 6.30. The van der Waals surface area contributed by atoms with Crippen molar-refractivity contribution in [1.29, 1.82) is 0 Å². The smallest absolute Gasteiger partial charge is 0.312 e. The lowest BCUT2D eigenvalue weighted by atomic mass is 10.2. The second-order valence-corrected chi connectivity index (χ2v) is 5.98. The molecule has 26 heavy (non-hydrogen) atoms. The van der Waals surface area contributed by atoms with Crippen LogP contribution in [-0.2, 0) is 20.7 Å². The first-order valence-electron chi connectivity index (χ1n) is 7.72. The van der Waals surface area contributed by atoms with Crippen LogP contribution in [0.3, 0.4) is 0 Å². The zero-order valence-corrected chi connectivity index (χ0v) is 14.4. The summed E-state index contributed by atoms with van der Waals surface area (Å²) in [6.45, 7) is 1.39. The first-order chi connectivity index (χ1) is 12.4. The van der Waals surface area contributed by atoms with Crippen LogP contribution >= 0.6 is 11.6 Å². The Morgan fingerprint density at radius 3 is 2.85 bits per heavy atom. The molecule has 1 N–H and O–H groups in total. The van der Waals surface area contributed by atoms with Crippen molar-refractivity contribution in [2.45, 2.75) is 19.4 Å². The maximum Gasteiger partial charge on any atom is 0.312 e. The fourth-order valence-electron chi connectivity index (χ4n) is 2.32. The van der Waals surface area contributed by atoms with E-state index in [4.69, 9.17) is 20.9 Å². The predicted octanol–water partition coefficient (Wildman–Crippen LogP) is 3.73. The van der Waals surface area contributed by atoms with E-state index in [1.165, 1.54) is 19.1 Å². The Hall–Kier alpha value is -2.93. The van der Waals surface area contributed by atoms with Crippen LogP contribution in [0.15, 0.2) is 47.0 Å². The summed E-state index contributed by atoms with van der Waals surface area (Å²) >= 11 is 5.66. The summed E-state index contributed by atoms with van der Waals surface area (Å²) in [5.41, 5.74) is 0.922. The number of hydrogen-bond donors (Lipinski definition) is 1. The van der Waals surface area contributed by atoms with Gasteiger partial charge in [-0.15, -0.1) is 0 Å². The molecule has 0 aliphatic heterocycles. The van der Waals surface area contributed by atoms with E-state index in [9.17, 15) is 14.0 Å². The van der Waals surface area contributed by atoms with Gasteiger partial charge in [-0.05, 0) is 37.3 Å². The second kappa shape index (κ2) is 7.53. The fourth-order valence-corrected chi connectivity index (χ4v) is 2.48. The Kier molecular flexibility index (Phi) is 5.18. The van der Waals surface area contributed by atoms with Crippen molar-refractivity contribution in [3.05, 3.63) is 59.0 Å². The summed E-state index contributed by atoms with van der Waals surface area (Å²) in [5.74, 6) is -1.99. The average molecular weight is 377 g/mol. The molecule has 134 valence electrons. The number of para-hydroxylation sites is 1. The molecule has 6 nitrogen and oxygen atoms in total. The maximum atomic E-state index is 13.7. The lowest BCUT2D eigenvalue weighted by Gasteiger charge is -2.13. The fraction of sp³-hybridized carbons (Fsp3) is 0.167. The second-order valence-electron chi connectivity index (χ2n) is 5.55. The zero-order chi connectivity index (χ0) is 18.7. The number of carbonyl (C=O) groups excluding carboxylic acids is 2. The number of hydrogen-bond acceptors (Lipinski definition) is 5. The summed E-state index contributed by atoms with van der Waals surface area (Å²) in [4.78, 5) is 24.1. The van der Waals surface area contributed by atoms with Crippen LogP contribution in [-0.4, -0.2) is 23.1 Å². The molecule has 1 aromatic heterocycles. The highest BCUT2D eigenvalue weighted by Crippen LogP contribution is 2.20. The van der Waals surface area contributed by atoms with Crippen LogP contribution in [0.4, 0.5) is 10.1 Å². The minimum Gasteiger partial charge on any atom is -0.452 e. The normalized spacial score (nSPS) is 12.0. The van der Waals surface area contributed by atoms with E-state index in [1.807, 2.05) is 0 Å². The number of carbonyl (C=O) groups is 2. The number of amides is 1. The van der Waals surface area contributed by atoms with Gasteiger partial charge in [0.2, 0.25) is 0 Å². The number of rotatable bonds is 5. The largest absolute Gasteiger partial charge is 0.452 e. The van der Waals surface area contributed by atoms with Gasteiger partial charge in [-0.2, -0.15) is 0 Å². The number of aromatic nitrogens is 1. The maximum absolute atomic E-state index is 13.7. The van der Waals surface area contributed by atoms with Gasteiger partial charge in [0.05, 0.1) is 12.1 Å². The molecule has 0 aliphatic carbocycles. The third-order valence-corrected chi connectivity index (χ3v) is 3.87. The molecule has 3 rings (SSSR count). The topological polar surface area (TPSA) is 81.4 Å². The Labute approximate surface area is 152 Å². The van der Waals surface area contributed by atoms with Crippen LogP contribution in [0.1, 0.15) is 12.6 Å². The summed E-state index contributed by atoms with van der Waals surface area (Å²) < 4.78 is 23.9. The Morgan fingerprint density at radius 1 is 1.31 bits per heavy atom. The standard InChI is InChI=1S/C18H14ClFN2O4/c1-10(18(24)21-14-7-6-11(19)8-13(14)20)25-17(23)9-15-12-4-2-3-5-16(12)26-22-15/h2-8,10H,9H2,1H3,(H,21,24)/t10-/m0/s1. The lowest BCUT2D eigenvalue weighted by molar-refractivity contribution is -0.152. The van der Waals surface area contributed by atoms with Gasteiger partial charge in [-0.25, -0.2) is 4.39 Å². The molecule has 0 aliphatic rings. The molecule has 2 aromatic carbocycles. The molecular weight excluding hydrogens is 363 g/mol. The summed E-state index contributed by atoms with van der Waals surface area (Å²) in [6, 6.07) is 10.9. The number of esters is 1. The van der Waals surface area contributed by atoms with E-state index in [0.717, 1.165) is 6.07 Å². The summed E-state index contributed by atoms with van der Waals surface area (Å²) in [7, 11) is 0. The molecule has 0 saturated heterocycles. The highest BCUT2D eigenvalue weighted by atomic mass is 35.5.